The van der Waals surface area contributed by atoms with E-state index in [4.69, 9.17) is 11.6 Å². The molecule has 1 saturated carbocycles. The average molecular weight is 376 g/mol. The van der Waals surface area contributed by atoms with Crippen molar-refractivity contribution in [1.82, 2.24) is 10.2 Å². The molecule has 1 aliphatic carbocycles. The minimum Gasteiger partial charge on any atom is -0.324 e. The SMILES string of the molecule is Cl.O=C(CN1CCC(NCC2CC2)CC1)Nc1ccc(F)cc1Cl. The smallest absolute Gasteiger partial charge is 0.238 e. The number of anilines is 1. The van der Waals surface area contributed by atoms with Crippen LogP contribution in [-0.2, 0) is 4.79 Å². The van der Waals surface area contributed by atoms with Gasteiger partial charge in [0.25, 0.3) is 0 Å². The lowest BCUT2D eigenvalue weighted by Crippen LogP contribution is -2.45. The third-order valence-corrected chi connectivity index (χ3v) is 4.86. The van der Waals surface area contributed by atoms with Gasteiger partial charge in [0, 0.05) is 19.1 Å². The van der Waals surface area contributed by atoms with Crippen LogP contribution in [0.4, 0.5) is 10.1 Å². The molecule has 2 fully saturated rings. The molecule has 0 radical (unpaired) electrons. The van der Waals surface area contributed by atoms with Gasteiger partial charge in [-0.25, -0.2) is 4.39 Å². The van der Waals surface area contributed by atoms with E-state index in [9.17, 15) is 9.18 Å². The third kappa shape index (κ3) is 5.88. The highest BCUT2D eigenvalue weighted by molar-refractivity contribution is 6.33. The van der Waals surface area contributed by atoms with Gasteiger partial charge in [0.1, 0.15) is 5.82 Å². The predicted octanol–water partition coefficient (Wildman–Crippen LogP) is 3.30. The highest BCUT2D eigenvalue weighted by Gasteiger charge is 2.25. The van der Waals surface area contributed by atoms with Gasteiger partial charge in [0.2, 0.25) is 5.91 Å². The molecule has 0 bridgehead atoms. The number of carbonyl (C=O) groups excluding carboxylic acids is 1. The van der Waals surface area contributed by atoms with Crippen LogP contribution in [0.25, 0.3) is 0 Å². The Hall–Kier alpha value is -0.880. The van der Waals surface area contributed by atoms with Gasteiger partial charge in [0.05, 0.1) is 17.3 Å². The topological polar surface area (TPSA) is 44.4 Å². The molecule has 1 aromatic carbocycles. The van der Waals surface area contributed by atoms with Crippen molar-refractivity contribution in [3.8, 4) is 0 Å². The second kappa shape index (κ2) is 8.99. The lowest BCUT2D eigenvalue weighted by Gasteiger charge is -2.32. The second-order valence-corrected chi connectivity index (χ2v) is 6.98. The lowest BCUT2D eigenvalue weighted by atomic mass is 10.0. The highest BCUT2D eigenvalue weighted by Crippen LogP contribution is 2.28. The Morgan fingerprint density at radius 1 is 1.25 bits per heavy atom. The molecule has 1 aliphatic heterocycles. The van der Waals surface area contributed by atoms with Gasteiger partial charge in [-0.3, -0.25) is 9.69 Å². The van der Waals surface area contributed by atoms with E-state index in [1.807, 2.05) is 0 Å². The number of nitrogens with zero attached hydrogens (tertiary/aromatic N) is 1. The molecule has 1 heterocycles. The second-order valence-electron chi connectivity index (χ2n) is 6.57. The zero-order valence-electron chi connectivity index (χ0n) is 13.6. The fraction of sp³-hybridized carbons (Fsp3) is 0.588. The molecule has 134 valence electrons. The fourth-order valence-corrected chi connectivity index (χ4v) is 3.15. The van der Waals surface area contributed by atoms with Crippen molar-refractivity contribution >= 4 is 35.6 Å². The van der Waals surface area contributed by atoms with Crippen molar-refractivity contribution in [2.75, 3.05) is 31.5 Å². The molecule has 0 aromatic heterocycles. The summed E-state index contributed by atoms with van der Waals surface area (Å²) in [5.74, 6) is 0.385. The molecule has 3 rings (SSSR count). The standard InChI is InChI=1S/C17H23ClFN3O.ClH/c18-15-9-13(19)3-4-16(15)21-17(23)11-22-7-5-14(6-8-22)20-10-12-1-2-12;/h3-4,9,12,14,20H,1-2,5-8,10-11H2,(H,21,23);1H. The summed E-state index contributed by atoms with van der Waals surface area (Å²) < 4.78 is 13.0. The number of likely N-dealkylation sites (tertiary alicyclic amines) is 1. The summed E-state index contributed by atoms with van der Waals surface area (Å²) >= 11 is 5.92. The van der Waals surface area contributed by atoms with Crippen molar-refractivity contribution in [3.05, 3.63) is 29.0 Å². The molecule has 7 heteroatoms. The molecule has 1 saturated heterocycles. The van der Waals surface area contributed by atoms with Gasteiger partial charge in [-0.2, -0.15) is 0 Å². The van der Waals surface area contributed by atoms with Crippen molar-refractivity contribution in [1.29, 1.82) is 0 Å². The molecule has 0 atom stereocenters. The van der Waals surface area contributed by atoms with E-state index in [0.29, 0.717) is 18.3 Å². The normalized spacial score (nSPS) is 18.9. The highest BCUT2D eigenvalue weighted by atomic mass is 35.5. The number of piperidine rings is 1. The molecule has 2 N–H and O–H groups in total. The molecule has 24 heavy (non-hydrogen) atoms. The number of halogens is 3. The molecule has 0 spiro atoms. The quantitative estimate of drug-likeness (QED) is 0.801. The molecule has 0 unspecified atom stereocenters. The Bertz CT molecular complexity index is 561. The Morgan fingerprint density at radius 2 is 1.96 bits per heavy atom. The third-order valence-electron chi connectivity index (χ3n) is 4.55. The first-order chi connectivity index (χ1) is 11.1. The zero-order chi connectivity index (χ0) is 16.2. The summed E-state index contributed by atoms with van der Waals surface area (Å²) in [6.07, 6.45) is 4.91. The maximum atomic E-state index is 13.0. The van der Waals surface area contributed by atoms with Gasteiger partial charge >= 0.3 is 0 Å². The number of hydrogen-bond acceptors (Lipinski definition) is 3. The number of nitrogens with one attached hydrogen (secondary N) is 2. The molecule has 1 aromatic rings. The van der Waals surface area contributed by atoms with Crippen LogP contribution in [0.2, 0.25) is 5.02 Å². The van der Waals surface area contributed by atoms with Gasteiger partial charge in [-0.1, -0.05) is 11.6 Å². The summed E-state index contributed by atoms with van der Waals surface area (Å²) in [5.41, 5.74) is 0.457. The van der Waals surface area contributed by atoms with Crippen LogP contribution < -0.4 is 10.6 Å². The van der Waals surface area contributed by atoms with E-state index >= 15 is 0 Å². The van der Waals surface area contributed by atoms with Gasteiger partial charge < -0.3 is 10.6 Å². The average Bonchev–Trinajstić information content (AvgIpc) is 3.34. The molecular weight excluding hydrogens is 352 g/mol. The monoisotopic (exact) mass is 375 g/mol. The van der Waals surface area contributed by atoms with Crippen molar-refractivity contribution in [2.45, 2.75) is 31.7 Å². The molecule has 1 amide bonds. The number of benzene rings is 1. The summed E-state index contributed by atoms with van der Waals surface area (Å²) in [6, 6.07) is 4.57. The number of amides is 1. The van der Waals surface area contributed by atoms with Gasteiger partial charge in [-0.05, 0) is 56.3 Å². The zero-order valence-corrected chi connectivity index (χ0v) is 15.1. The van der Waals surface area contributed by atoms with Crippen LogP contribution in [-0.4, -0.2) is 43.0 Å². The first-order valence-electron chi connectivity index (χ1n) is 8.31. The van der Waals surface area contributed by atoms with Crippen LogP contribution in [0.3, 0.4) is 0 Å². The maximum Gasteiger partial charge on any atom is 0.238 e. The van der Waals surface area contributed by atoms with E-state index in [0.717, 1.165) is 38.4 Å². The van der Waals surface area contributed by atoms with E-state index in [-0.39, 0.29) is 23.3 Å². The van der Waals surface area contributed by atoms with Gasteiger partial charge in [-0.15, -0.1) is 12.4 Å². The van der Waals surface area contributed by atoms with E-state index in [1.165, 1.54) is 31.0 Å². The number of rotatable bonds is 6. The van der Waals surface area contributed by atoms with E-state index in [1.54, 1.807) is 0 Å². The number of carbonyl (C=O) groups is 1. The summed E-state index contributed by atoms with van der Waals surface area (Å²) in [5, 5.41) is 6.60. The van der Waals surface area contributed by atoms with E-state index < -0.39 is 5.82 Å². The largest absolute Gasteiger partial charge is 0.324 e. The van der Waals surface area contributed by atoms with Crippen LogP contribution >= 0.6 is 24.0 Å². The Labute approximate surface area is 153 Å². The van der Waals surface area contributed by atoms with Crippen molar-refractivity contribution < 1.29 is 9.18 Å². The Morgan fingerprint density at radius 3 is 2.58 bits per heavy atom. The van der Waals surface area contributed by atoms with Crippen LogP contribution in [0.5, 0.6) is 0 Å². The Kier molecular flexibility index (Phi) is 7.29. The fourth-order valence-electron chi connectivity index (χ4n) is 2.93. The maximum absolute atomic E-state index is 13.0. The van der Waals surface area contributed by atoms with Crippen LogP contribution in [0.15, 0.2) is 18.2 Å². The number of hydrogen-bond donors (Lipinski definition) is 2. The first-order valence-corrected chi connectivity index (χ1v) is 8.68. The minimum absolute atomic E-state index is 0. The van der Waals surface area contributed by atoms with Crippen molar-refractivity contribution in [2.24, 2.45) is 5.92 Å². The summed E-state index contributed by atoms with van der Waals surface area (Å²) in [4.78, 5) is 14.3. The minimum atomic E-state index is -0.409. The first kappa shape index (κ1) is 19.4. The molecule has 4 nitrogen and oxygen atoms in total. The molecule has 2 aliphatic rings. The van der Waals surface area contributed by atoms with E-state index in [2.05, 4.69) is 15.5 Å². The van der Waals surface area contributed by atoms with Crippen LogP contribution in [0.1, 0.15) is 25.7 Å². The summed E-state index contributed by atoms with van der Waals surface area (Å²) in [6.45, 7) is 3.34. The predicted molar refractivity (Wildman–Crippen MR) is 97.5 cm³/mol. The summed E-state index contributed by atoms with van der Waals surface area (Å²) in [7, 11) is 0. The van der Waals surface area contributed by atoms with Crippen molar-refractivity contribution in [3.63, 3.8) is 0 Å². The van der Waals surface area contributed by atoms with Gasteiger partial charge in [0.15, 0.2) is 0 Å². The lowest BCUT2D eigenvalue weighted by molar-refractivity contribution is -0.117. The molecular formula is C17H24Cl2FN3O. The van der Waals surface area contributed by atoms with Crippen LogP contribution in [0, 0.1) is 11.7 Å². The Balaban J connectivity index is 0.00000208.